The molecule has 5 nitrogen and oxygen atoms in total. The summed E-state index contributed by atoms with van der Waals surface area (Å²) in [5, 5.41) is 8.84. The number of halogens is 4. The average Bonchev–Trinajstić information content (AvgIpc) is 2.55. The largest absolute Gasteiger partial charge is 0.416 e. The summed E-state index contributed by atoms with van der Waals surface area (Å²) in [7, 11) is 0. The lowest BCUT2D eigenvalue weighted by Gasteiger charge is -2.12. The highest BCUT2D eigenvalue weighted by atomic mass is 127. The highest BCUT2D eigenvalue weighted by Gasteiger charge is 2.30. The molecule has 1 aromatic carbocycles. The zero-order valence-corrected chi connectivity index (χ0v) is 17.4. The molecule has 0 saturated heterocycles. The van der Waals surface area contributed by atoms with Crippen molar-refractivity contribution in [3.8, 4) is 0 Å². The number of amides is 1. The minimum Gasteiger partial charge on any atom is -0.357 e. The van der Waals surface area contributed by atoms with Crippen molar-refractivity contribution >= 4 is 35.8 Å². The molecule has 0 fully saturated rings. The minimum atomic E-state index is -4.41. The third kappa shape index (κ3) is 9.25. The van der Waals surface area contributed by atoms with Gasteiger partial charge in [-0.3, -0.25) is 9.79 Å². The van der Waals surface area contributed by atoms with Crippen LogP contribution in [0.5, 0.6) is 0 Å². The highest BCUT2D eigenvalue weighted by molar-refractivity contribution is 14.0. The van der Waals surface area contributed by atoms with Gasteiger partial charge in [-0.1, -0.05) is 13.8 Å². The fourth-order valence-electron chi connectivity index (χ4n) is 1.89. The second-order valence-electron chi connectivity index (χ2n) is 5.87. The van der Waals surface area contributed by atoms with Gasteiger partial charge in [-0.2, -0.15) is 13.2 Å². The highest BCUT2D eigenvalue weighted by Crippen LogP contribution is 2.28. The van der Waals surface area contributed by atoms with Crippen molar-refractivity contribution < 1.29 is 18.0 Å². The molecule has 26 heavy (non-hydrogen) atoms. The molecular formula is C17H26F3IN4O. The number of hydrogen-bond acceptors (Lipinski definition) is 2. The van der Waals surface area contributed by atoms with Crippen molar-refractivity contribution in [2.75, 3.05) is 26.2 Å². The van der Waals surface area contributed by atoms with Gasteiger partial charge in [0.15, 0.2) is 5.96 Å². The summed E-state index contributed by atoms with van der Waals surface area (Å²) in [6.07, 6.45) is -4.41. The summed E-state index contributed by atoms with van der Waals surface area (Å²) in [6.45, 7) is 8.28. The fraction of sp³-hybridized carbons (Fsp3) is 0.529. The van der Waals surface area contributed by atoms with Gasteiger partial charge in [-0.25, -0.2) is 0 Å². The molecule has 0 saturated carbocycles. The molecule has 0 unspecified atom stereocenters. The maximum Gasteiger partial charge on any atom is 0.416 e. The van der Waals surface area contributed by atoms with Gasteiger partial charge < -0.3 is 16.0 Å². The molecule has 9 heteroatoms. The number of hydrogen-bond donors (Lipinski definition) is 3. The van der Waals surface area contributed by atoms with E-state index in [1.807, 2.05) is 6.92 Å². The predicted octanol–water partition coefficient (Wildman–Crippen LogP) is 3.26. The monoisotopic (exact) mass is 486 g/mol. The zero-order valence-electron chi connectivity index (χ0n) is 15.1. The van der Waals surface area contributed by atoms with Crippen LogP contribution in [0.3, 0.4) is 0 Å². The summed E-state index contributed by atoms with van der Waals surface area (Å²) < 4.78 is 37.5. The van der Waals surface area contributed by atoms with Gasteiger partial charge in [-0.05, 0) is 37.1 Å². The van der Waals surface area contributed by atoms with E-state index in [0.29, 0.717) is 31.5 Å². The summed E-state index contributed by atoms with van der Waals surface area (Å²) >= 11 is 0. The fourth-order valence-corrected chi connectivity index (χ4v) is 1.89. The van der Waals surface area contributed by atoms with Crippen molar-refractivity contribution in [1.29, 1.82) is 0 Å². The quantitative estimate of drug-likeness (QED) is 0.240. The van der Waals surface area contributed by atoms with Gasteiger partial charge in [0.25, 0.3) is 5.91 Å². The first kappa shape index (κ1) is 24.5. The maximum absolute atomic E-state index is 12.5. The molecule has 1 amide bonds. The van der Waals surface area contributed by atoms with Crippen molar-refractivity contribution in [3.05, 3.63) is 35.4 Å². The van der Waals surface area contributed by atoms with Crippen LogP contribution in [-0.2, 0) is 6.18 Å². The second kappa shape index (κ2) is 12.0. The van der Waals surface area contributed by atoms with E-state index >= 15 is 0 Å². The minimum absolute atomic E-state index is 0. The van der Waals surface area contributed by atoms with Crippen LogP contribution in [0.25, 0.3) is 0 Å². The van der Waals surface area contributed by atoms with Crippen molar-refractivity contribution in [3.63, 3.8) is 0 Å². The number of nitrogens with one attached hydrogen (secondary N) is 3. The summed E-state index contributed by atoms with van der Waals surface area (Å²) in [4.78, 5) is 16.3. The Morgan fingerprint density at radius 1 is 1.08 bits per heavy atom. The predicted molar refractivity (Wildman–Crippen MR) is 108 cm³/mol. The number of aliphatic imine (C=N–C) groups is 1. The van der Waals surface area contributed by atoms with E-state index < -0.39 is 17.6 Å². The lowest BCUT2D eigenvalue weighted by molar-refractivity contribution is -0.137. The van der Waals surface area contributed by atoms with Crippen molar-refractivity contribution in [2.45, 2.75) is 26.9 Å². The Balaban J connectivity index is 0.00000625. The third-order valence-electron chi connectivity index (χ3n) is 3.14. The van der Waals surface area contributed by atoms with E-state index in [1.54, 1.807) is 0 Å². The van der Waals surface area contributed by atoms with E-state index in [4.69, 9.17) is 0 Å². The van der Waals surface area contributed by atoms with Gasteiger partial charge in [-0.15, -0.1) is 24.0 Å². The molecular weight excluding hydrogens is 460 g/mol. The Labute approximate surface area is 169 Å². The van der Waals surface area contributed by atoms with E-state index in [0.717, 1.165) is 18.7 Å². The average molecular weight is 486 g/mol. The Kier molecular flexibility index (Phi) is 11.3. The normalized spacial score (nSPS) is 11.7. The maximum atomic E-state index is 12.5. The molecule has 0 aliphatic rings. The molecule has 0 aliphatic heterocycles. The van der Waals surface area contributed by atoms with Crippen LogP contribution in [0, 0.1) is 5.92 Å². The first-order valence-corrected chi connectivity index (χ1v) is 8.21. The standard InChI is InChI=1S/C17H25F3N4O.HI/c1-4-21-16(24-11-12(2)3)23-10-9-22-15(25)13-5-7-14(8-6-13)17(18,19)20;/h5-8,12H,4,9-11H2,1-3H3,(H,22,25)(H2,21,23,24);1H. The van der Waals surface area contributed by atoms with Crippen LogP contribution in [0.1, 0.15) is 36.7 Å². The van der Waals surface area contributed by atoms with Gasteiger partial charge >= 0.3 is 6.18 Å². The van der Waals surface area contributed by atoms with Gasteiger partial charge in [0.2, 0.25) is 0 Å². The third-order valence-corrected chi connectivity index (χ3v) is 3.14. The number of carbonyl (C=O) groups excluding carboxylic acids is 1. The van der Waals surface area contributed by atoms with Crippen LogP contribution in [0.2, 0.25) is 0 Å². The van der Waals surface area contributed by atoms with Crippen LogP contribution >= 0.6 is 24.0 Å². The Bertz CT molecular complexity index is 574. The van der Waals surface area contributed by atoms with Crippen LogP contribution < -0.4 is 16.0 Å². The SMILES string of the molecule is CCNC(=NCC(C)C)NCCNC(=O)c1ccc(C(F)(F)F)cc1.I. The Morgan fingerprint density at radius 3 is 2.15 bits per heavy atom. The van der Waals surface area contributed by atoms with Crippen LogP contribution in [0.4, 0.5) is 13.2 Å². The number of benzene rings is 1. The number of carbonyl (C=O) groups is 1. The molecule has 0 atom stereocenters. The zero-order chi connectivity index (χ0) is 18.9. The molecule has 0 aromatic heterocycles. The molecule has 0 bridgehead atoms. The Morgan fingerprint density at radius 2 is 1.65 bits per heavy atom. The van der Waals surface area contributed by atoms with Crippen molar-refractivity contribution in [1.82, 2.24) is 16.0 Å². The van der Waals surface area contributed by atoms with Crippen molar-refractivity contribution in [2.24, 2.45) is 10.9 Å². The Hall–Kier alpha value is -1.52. The van der Waals surface area contributed by atoms with Gasteiger partial charge in [0, 0.05) is 31.7 Å². The molecule has 1 rings (SSSR count). The van der Waals surface area contributed by atoms with Crippen LogP contribution in [0.15, 0.2) is 29.3 Å². The molecule has 0 aliphatic carbocycles. The summed E-state index contributed by atoms with van der Waals surface area (Å²) in [5.74, 6) is 0.689. The van der Waals surface area contributed by atoms with Gasteiger partial charge in [0.1, 0.15) is 0 Å². The summed E-state index contributed by atoms with van der Waals surface area (Å²) in [5.41, 5.74) is -0.587. The van der Waals surface area contributed by atoms with E-state index in [-0.39, 0.29) is 29.5 Å². The molecule has 0 spiro atoms. The molecule has 0 radical (unpaired) electrons. The van der Waals surface area contributed by atoms with E-state index in [2.05, 4.69) is 34.8 Å². The molecule has 3 N–H and O–H groups in total. The molecule has 0 heterocycles. The van der Waals surface area contributed by atoms with E-state index in [1.165, 1.54) is 12.1 Å². The molecule has 148 valence electrons. The first-order valence-electron chi connectivity index (χ1n) is 8.21. The number of alkyl halides is 3. The second-order valence-corrected chi connectivity index (χ2v) is 5.87. The van der Waals surface area contributed by atoms with Crippen LogP contribution in [-0.4, -0.2) is 38.0 Å². The van der Waals surface area contributed by atoms with E-state index in [9.17, 15) is 18.0 Å². The lowest BCUT2D eigenvalue weighted by atomic mass is 10.1. The number of rotatable bonds is 7. The molecule has 1 aromatic rings. The summed E-state index contributed by atoms with van der Waals surface area (Å²) in [6, 6.07) is 4.13. The first-order chi connectivity index (χ1) is 11.7. The van der Waals surface area contributed by atoms with Gasteiger partial charge in [0.05, 0.1) is 5.56 Å². The number of nitrogens with zero attached hydrogens (tertiary/aromatic N) is 1. The smallest absolute Gasteiger partial charge is 0.357 e. The lowest BCUT2D eigenvalue weighted by Crippen LogP contribution is -2.41. The number of guanidine groups is 1. The topological polar surface area (TPSA) is 65.5 Å².